The molecule has 24 heavy (non-hydrogen) atoms. The minimum Gasteiger partial charge on any atom is -0.381 e. The van der Waals surface area contributed by atoms with E-state index >= 15 is 0 Å². The van der Waals surface area contributed by atoms with Crippen molar-refractivity contribution in [1.29, 1.82) is 0 Å². The second-order valence-electron chi connectivity index (χ2n) is 7.16. The molecule has 0 aromatic heterocycles. The lowest BCUT2D eigenvalue weighted by Crippen LogP contribution is -2.58. The number of carbonyl (C=O) groups excluding carboxylic acids is 2. The van der Waals surface area contributed by atoms with Gasteiger partial charge in [-0.25, -0.2) is 8.42 Å². The normalized spacial score (nSPS) is 25.3. The van der Waals surface area contributed by atoms with Crippen molar-refractivity contribution in [3.63, 3.8) is 0 Å². The zero-order valence-electron chi connectivity index (χ0n) is 14.5. The first-order valence-corrected chi connectivity index (χ1v) is 10.1. The van der Waals surface area contributed by atoms with E-state index in [0.29, 0.717) is 32.5 Å². The van der Waals surface area contributed by atoms with Crippen molar-refractivity contribution in [1.82, 2.24) is 14.9 Å². The van der Waals surface area contributed by atoms with Gasteiger partial charge in [0.25, 0.3) is 0 Å². The predicted molar refractivity (Wildman–Crippen MR) is 88.7 cm³/mol. The van der Waals surface area contributed by atoms with E-state index in [9.17, 15) is 18.0 Å². The molecule has 1 spiro atoms. The van der Waals surface area contributed by atoms with Crippen LogP contribution in [0.3, 0.4) is 0 Å². The maximum absolute atomic E-state index is 12.6. The highest BCUT2D eigenvalue weighted by atomic mass is 32.2. The number of nitrogens with zero attached hydrogens (tertiary/aromatic N) is 1. The quantitative estimate of drug-likeness (QED) is 0.700. The molecule has 0 aromatic rings. The number of rotatable bonds is 4. The van der Waals surface area contributed by atoms with Crippen LogP contribution in [0.2, 0.25) is 0 Å². The first-order chi connectivity index (χ1) is 11.1. The zero-order chi connectivity index (χ0) is 18.0. The van der Waals surface area contributed by atoms with Crippen LogP contribution in [-0.2, 0) is 24.3 Å². The largest absolute Gasteiger partial charge is 0.381 e. The molecule has 0 radical (unpaired) electrons. The van der Waals surface area contributed by atoms with Crippen LogP contribution in [0.4, 0.5) is 0 Å². The van der Waals surface area contributed by atoms with Gasteiger partial charge >= 0.3 is 0 Å². The summed E-state index contributed by atoms with van der Waals surface area (Å²) in [5.41, 5.74) is -0.629. The molecule has 0 bridgehead atoms. The molecule has 138 valence electrons. The number of ether oxygens (including phenoxy) is 1. The molecule has 0 aliphatic carbocycles. The van der Waals surface area contributed by atoms with Crippen LogP contribution in [0.5, 0.6) is 0 Å². The molecule has 1 atom stereocenters. The number of hydrogen-bond acceptors (Lipinski definition) is 5. The van der Waals surface area contributed by atoms with Crippen LogP contribution in [0.25, 0.3) is 0 Å². The zero-order valence-corrected chi connectivity index (χ0v) is 15.3. The van der Waals surface area contributed by atoms with Crippen LogP contribution in [0, 0.1) is 5.92 Å². The van der Waals surface area contributed by atoms with E-state index < -0.39 is 21.6 Å². The van der Waals surface area contributed by atoms with Gasteiger partial charge in [-0.3, -0.25) is 9.59 Å². The summed E-state index contributed by atoms with van der Waals surface area (Å²) in [5.74, 6) is -0.423. The molecule has 0 aromatic carbocycles. The summed E-state index contributed by atoms with van der Waals surface area (Å²) >= 11 is 0. The van der Waals surface area contributed by atoms with Gasteiger partial charge in [-0.2, -0.15) is 4.31 Å². The van der Waals surface area contributed by atoms with Gasteiger partial charge in [-0.05, 0) is 18.8 Å². The van der Waals surface area contributed by atoms with Gasteiger partial charge < -0.3 is 15.4 Å². The average Bonchev–Trinajstić information content (AvgIpc) is 2.56. The van der Waals surface area contributed by atoms with Crippen molar-refractivity contribution in [2.75, 3.05) is 32.6 Å². The Hall–Kier alpha value is -1.19. The maximum Gasteiger partial charge on any atom is 0.244 e. The number of sulfonamides is 1. The lowest BCUT2D eigenvalue weighted by Gasteiger charge is -2.38. The molecule has 2 N–H and O–H groups in total. The van der Waals surface area contributed by atoms with Gasteiger partial charge in [0.2, 0.25) is 21.8 Å². The van der Waals surface area contributed by atoms with Gasteiger partial charge in [0.05, 0.1) is 11.8 Å². The topological polar surface area (TPSA) is 105 Å². The van der Waals surface area contributed by atoms with Gasteiger partial charge in [-0.1, -0.05) is 13.8 Å². The van der Waals surface area contributed by atoms with Gasteiger partial charge in [-0.15, -0.1) is 0 Å². The smallest absolute Gasteiger partial charge is 0.244 e. The number of amides is 2. The molecule has 2 saturated heterocycles. The molecule has 2 aliphatic rings. The Morgan fingerprint density at radius 2 is 2.04 bits per heavy atom. The van der Waals surface area contributed by atoms with E-state index in [2.05, 4.69) is 10.6 Å². The molecule has 2 aliphatic heterocycles. The third-order valence-electron chi connectivity index (χ3n) is 4.42. The number of hydrogen-bond donors (Lipinski definition) is 2. The van der Waals surface area contributed by atoms with Gasteiger partial charge in [0.1, 0.15) is 6.04 Å². The maximum atomic E-state index is 12.6. The fourth-order valence-electron chi connectivity index (χ4n) is 3.11. The predicted octanol–water partition coefficient (Wildman–Crippen LogP) is -0.542. The lowest BCUT2D eigenvalue weighted by atomic mass is 9.90. The van der Waals surface area contributed by atoms with Crippen molar-refractivity contribution in [2.45, 2.75) is 44.7 Å². The molecule has 2 rings (SSSR count). The number of carbonyl (C=O) groups is 2. The van der Waals surface area contributed by atoms with E-state index in [-0.39, 0.29) is 30.8 Å². The first kappa shape index (κ1) is 19.1. The second-order valence-corrected chi connectivity index (χ2v) is 9.14. The fourth-order valence-corrected chi connectivity index (χ4v) is 4.01. The molecule has 1 unspecified atom stereocenters. The van der Waals surface area contributed by atoms with Crippen molar-refractivity contribution in [2.24, 2.45) is 5.92 Å². The molecule has 8 nitrogen and oxygen atoms in total. The van der Waals surface area contributed by atoms with Crippen molar-refractivity contribution >= 4 is 21.8 Å². The Labute approximate surface area is 143 Å². The molecule has 2 heterocycles. The van der Waals surface area contributed by atoms with E-state index in [1.807, 2.05) is 13.8 Å². The first-order valence-electron chi connectivity index (χ1n) is 8.25. The minimum atomic E-state index is -3.49. The molecule has 9 heteroatoms. The highest BCUT2D eigenvalue weighted by Gasteiger charge is 2.43. The summed E-state index contributed by atoms with van der Waals surface area (Å²) in [6.07, 6.45) is 2.53. The van der Waals surface area contributed by atoms with E-state index in [0.717, 1.165) is 6.26 Å². The Morgan fingerprint density at radius 3 is 2.58 bits per heavy atom. The van der Waals surface area contributed by atoms with E-state index in [1.54, 1.807) is 0 Å². The second kappa shape index (κ2) is 7.37. The highest BCUT2D eigenvalue weighted by Crippen LogP contribution is 2.25. The van der Waals surface area contributed by atoms with Crippen LogP contribution in [-0.4, -0.2) is 68.7 Å². The Morgan fingerprint density at radius 1 is 1.42 bits per heavy atom. The summed E-state index contributed by atoms with van der Waals surface area (Å²) < 4.78 is 30.9. The molecule has 0 saturated carbocycles. The summed E-state index contributed by atoms with van der Waals surface area (Å²) in [7, 11) is -3.49. The number of nitrogens with one attached hydrogen (secondary N) is 2. The molecule has 2 amide bonds. The average molecular weight is 361 g/mol. The van der Waals surface area contributed by atoms with Crippen LogP contribution >= 0.6 is 0 Å². The monoisotopic (exact) mass is 361 g/mol. The van der Waals surface area contributed by atoms with Crippen LogP contribution in [0.15, 0.2) is 0 Å². The lowest BCUT2D eigenvalue weighted by molar-refractivity contribution is -0.130. The molecular weight excluding hydrogens is 334 g/mol. The SMILES string of the molecule is CC(C)CC(=O)NC1CN(S(C)(=O)=O)CC2(CCOCC2)NC1=O. The fraction of sp³-hybridized carbons (Fsp3) is 0.867. The highest BCUT2D eigenvalue weighted by molar-refractivity contribution is 7.88. The van der Waals surface area contributed by atoms with E-state index in [1.165, 1.54) is 4.31 Å². The molecule has 2 fully saturated rings. The Bertz CT molecular complexity index is 584. The third-order valence-corrected chi connectivity index (χ3v) is 5.63. The molecular formula is C15H27N3O5S. The standard InChI is InChI=1S/C15H27N3O5S/c1-11(2)8-13(19)16-12-9-18(24(3,21)22)10-15(17-14(12)20)4-6-23-7-5-15/h11-12H,4-10H2,1-3H3,(H,16,19)(H,17,20). The Balaban J connectivity index is 2.21. The Kier molecular flexibility index (Phi) is 5.87. The van der Waals surface area contributed by atoms with Crippen molar-refractivity contribution in [3.8, 4) is 0 Å². The van der Waals surface area contributed by atoms with Gasteiger partial charge in [0, 0.05) is 32.7 Å². The summed E-state index contributed by atoms with van der Waals surface area (Å²) in [4.78, 5) is 24.6. The summed E-state index contributed by atoms with van der Waals surface area (Å²) in [5, 5.41) is 5.64. The van der Waals surface area contributed by atoms with Crippen molar-refractivity contribution in [3.05, 3.63) is 0 Å². The minimum absolute atomic E-state index is 0.0445. The summed E-state index contributed by atoms with van der Waals surface area (Å²) in [6, 6.07) is -0.881. The van der Waals surface area contributed by atoms with Crippen molar-refractivity contribution < 1.29 is 22.7 Å². The van der Waals surface area contributed by atoms with E-state index in [4.69, 9.17) is 4.74 Å². The third kappa shape index (κ3) is 4.90. The van der Waals surface area contributed by atoms with Crippen LogP contribution < -0.4 is 10.6 Å². The summed E-state index contributed by atoms with van der Waals surface area (Å²) in [6.45, 7) is 4.93. The van der Waals surface area contributed by atoms with Crippen LogP contribution in [0.1, 0.15) is 33.1 Å². The van der Waals surface area contributed by atoms with Gasteiger partial charge in [0.15, 0.2) is 0 Å².